The number of aryl methyl sites for hydroxylation is 1. The fourth-order valence-electron chi connectivity index (χ4n) is 18.0. The zero-order valence-corrected chi connectivity index (χ0v) is 80.9. The molecule has 4 N–H and O–H groups in total. The largest absolute Gasteiger partial charge is 1.00 e. The van der Waals surface area contributed by atoms with Crippen molar-refractivity contribution in [2.45, 2.75) is 288 Å². The summed E-state index contributed by atoms with van der Waals surface area (Å²) in [6.45, 7) is 28.9. The molecule has 29 heteroatoms. The zero-order chi connectivity index (χ0) is 92.5. The van der Waals surface area contributed by atoms with Crippen LogP contribution < -0.4 is 45.6 Å². The van der Waals surface area contributed by atoms with E-state index in [9.17, 15) is 24.3 Å². The van der Waals surface area contributed by atoms with Gasteiger partial charge in [0, 0.05) is 72.5 Å². The van der Waals surface area contributed by atoms with Crippen LogP contribution >= 0.6 is 36.0 Å². The van der Waals surface area contributed by atoms with Crippen molar-refractivity contribution in [3.8, 4) is 42.8 Å². The van der Waals surface area contributed by atoms with Gasteiger partial charge >= 0.3 is 46.7 Å². The van der Waals surface area contributed by atoms with Gasteiger partial charge in [-0.25, -0.2) is 4.98 Å². The van der Waals surface area contributed by atoms with Crippen molar-refractivity contribution in [3.05, 3.63) is 238 Å². The Labute approximate surface area is 805 Å². The van der Waals surface area contributed by atoms with E-state index in [-0.39, 0.29) is 135 Å². The summed E-state index contributed by atoms with van der Waals surface area (Å²) < 4.78 is 86.0. The number of aliphatic hydroxyl groups excluding tert-OH is 1. The predicted octanol–water partition coefficient (Wildman–Crippen LogP) is 13.9. The number of anilines is 1. The summed E-state index contributed by atoms with van der Waals surface area (Å²) in [6, 6.07) is 57.3. The average molecular weight is 1840 g/mol. The molecule has 6 aromatic carbocycles. The number of nitrogens with one attached hydrogen (secondary N) is 1. The third-order valence-corrected chi connectivity index (χ3v) is 24.5. The predicted molar refractivity (Wildman–Crippen MR) is 504 cm³/mol. The number of benzene rings is 6. The molecule has 687 valence electrons. The molecule has 5 aliphatic heterocycles. The molecular weight excluding hydrogens is 1720 g/mol. The molecular formula is C101H121BClN5NaO19S2. The molecule has 130 heavy (non-hydrogen) atoms. The van der Waals surface area contributed by atoms with E-state index >= 15 is 0 Å². The molecule has 5 saturated heterocycles. The maximum atomic E-state index is 12.1. The van der Waals surface area contributed by atoms with E-state index in [0.29, 0.717) is 80.3 Å². The smallest absolute Gasteiger partial charge is 1.00 e. The number of esters is 2. The number of rotatable bonds is 28. The van der Waals surface area contributed by atoms with Gasteiger partial charge in [-0.1, -0.05) is 240 Å². The molecule has 4 bridgehead atoms. The van der Waals surface area contributed by atoms with Crippen molar-refractivity contribution < 1.29 is 117 Å². The number of ether oxygens (including phenoxy) is 14. The number of H-pyrrole nitrogens is 1. The first-order chi connectivity index (χ1) is 61.4. The van der Waals surface area contributed by atoms with Gasteiger partial charge in [-0.05, 0) is 107 Å². The average Bonchev–Trinajstić information content (AvgIpc) is 1.57. The molecule has 3 radical (unpaired) electrons. The van der Waals surface area contributed by atoms with Crippen LogP contribution in [0.15, 0.2) is 199 Å². The number of terminal acetylenes is 3. The van der Waals surface area contributed by atoms with Gasteiger partial charge < -0.3 is 78.6 Å². The molecule has 7 aliphatic rings. The Kier molecular flexibility index (Phi) is 40.8. The normalized spacial score (nSPS) is 28.4. The minimum Gasteiger partial charge on any atom is -1.00 e. The summed E-state index contributed by atoms with van der Waals surface area (Å²) in [4.78, 5) is 57.9. The number of halogens is 1. The molecule has 2 aliphatic carbocycles. The molecule has 8 aromatic rings. The number of fused-ring (bicyclic) bond motifs is 5. The van der Waals surface area contributed by atoms with Crippen LogP contribution in [0, 0.1) is 55.8 Å². The van der Waals surface area contributed by atoms with Crippen LogP contribution in [0.25, 0.3) is 11.2 Å². The number of hydrogen-bond donors (Lipinski definition) is 3. The van der Waals surface area contributed by atoms with Crippen molar-refractivity contribution in [2.24, 2.45) is 11.8 Å². The first-order valence-electron chi connectivity index (χ1n) is 43.5. The summed E-state index contributed by atoms with van der Waals surface area (Å²) in [5, 5.41) is 11.2. The van der Waals surface area contributed by atoms with Crippen molar-refractivity contribution in [1.29, 1.82) is 0 Å². The number of nitrogen functional groups attached to an aromatic ring is 1. The van der Waals surface area contributed by atoms with Gasteiger partial charge in [-0.2, -0.15) is 4.98 Å². The molecule has 20 atom stereocenters. The molecule has 0 spiro atoms. The number of imidazole rings is 1. The van der Waals surface area contributed by atoms with E-state index in [4.69, 9.17) is 115 Å². The molecule has 24 nitrogen and oxygen atoms in total. The maximum absolute atomic E-state index is 12.1. The molecule has 15 rings (SSSR count). The molecule has 2 saturated carbocycles. The van der Waals surface area contributed by atoms with Gasteiger partial charge in [-0.15, -0.1) is 37.0 Å². The first-order valence-corrected chi connectivity index (χ1v) is 44.7. The number of hydrogen-bond acceptors (Lipinski definition) is 24. The second-order valence-corrected chi connectivity index (χ2v) is 34.7. The number of aromatic amines is 1. The van der Waals surface area contributed by atoms with Crippen LogP contribution in [0.2, 0.25) is 0 Å². The SMILES string of the molecule is C#CC[C@]1(CC)OC(OC(C)=O)[C@H](OC(C)=O)[C@@H]1OCc1ccccc1.C#CC[C@]1(CC)O[C@@H](C)[C@H](OC(=S)Oc2ccc(C)cc2)[C@@H]1OCc1ccccc1.C#CC[C@]1(CC)O[C@@H](n2cnc3c(=O)[nH]c(N)nc32)[C@H](O)[C@@H]1OCc1ccccc1.C=C1C[C@]2(CC)O[C@@H](C)[C@H]1[C@@H]2OCc1ccccc1.CC(=S)Cl.CC[C@@]12CC(=O)[C@@H]([C@H](C)O1)[C@@H]2OCc1ccccc1.[B].[H-].[Na+]. The number of Topliss-reactive ketones (excluding diaryl/α,β-unsaturated/α-hetero) is 1. The van der Waals surface area contributed by atoms with Crippen molar-refractivity contribution in [3.63, 3.8) is 0 Å². The second kappa shape index (κ2) is 49.8. The Balaban J connectivity index is 0.000000223. The van der Waals surface area contributed by atoms with E-state index in [1.165, 1.54) is 35.9 Å². The quantitative estimate of drug-likeness (QED) is 0.0102. The number of carbonyl (C=O) groups excluding carboxylic acids is 3. The zero-order valence-electron chi connectivity index (χ0n) is 77.5. The Hall–Kier alpha value is -8.81. The number of nitrogens with two attached hydrogens (primary N) is 1. The number of nitrogens with zero attached hydrogens (tertiary/aromatic N) is 3. The summed E-state index contributed by atoms with van der Waals surface area (Å²) in [7, 11) is 0. The topological polar surface area (TPSA) is 290 Å². The molecule has 7 heterocycles. The van der Waals surface area contributed by atoms with Crippen LogP contribution in [-0.4, -0.2) is 162 Å². The van der Waals surface area contributed by atoms with Crippen molar-refractivity contribution in [2.75, 3.05) is 5.73 Å². The van der Waals surface area contributed by atoms with Crippen LogP contribution in [0.4, 0.5) is 5.95 Å². The van der Waals surface area contributed by atoms with Crippen molar-refractivity contribution in [1.82, 2.24) is 19.5 Å². The molecule has 0 amide bonds. The number of aromatic nitrogens is 4. The standard InChI is InChI=1S/C25H28O4S.C21H23N5O4.C20H24O6.C17H22O2.C16H20O3.C2H3ClS.B.Na.H/c1-5-16-25(6-2)23(26-17-20-10-8-7-9-11-20)22(19(4)29-25)28-24(30)27-21-14-12-18(3)13-15-21;1-3-10-21(4-2)16(29-11-13-8-6-5-7-9-13)15(27)19(30-21)26-12-23-14-17(26)24-20(22)25-18(14)28;1-5-12-20(6-2)18(23-13-16-10-8-7-9-11-16)17(24-14(3)21)19(26-20)25-15(4)22;1-4-17-10-12(2)15(13(3)19-17)16(17)18-11-14-8-6-5-7-9-14;1-3-16-9-13(17)14(11(2)19-16)15(16)18-10-12-7-5-4-6-8-12;1-2(3)4;;;/h1,7-15,19,22-23H,6,16-17H2,2-4H3;1,5-9,12,15-16,19,27H,4,10-11H2,2H3,(H3,22,24,25,28);1,7-11,17-19H,6,12-13H2,2-4H3;5-9,13,15-16H,2,4,10-11H2,1,3H3;4-8,11,14-15H,3,9-10H2,1-2H3;1H3;;;/q;;;;;;;+1;-1/t19-,22-,23-,25-;15-,16+,19-,21+;17-,18+,19?,20+;13-,15-,16-,17-;11-,14+,15-,16-;;;;/m01100..../s1. The molecule has 2 aromatic heterocycles. The van der Waals surface area contributed by atoms with Crippen LogP contribution in [0.1, 0.15) is 181 Å². The van der Waals surface area contributed by atoms with Crippen LogP contribution in [-0.2, 0) is 109 Å². The van der Waals surface area contributed by atoms with E-state index in [2.05, 4.69) is 96.5 Å². The number of ketones is 1. The minimum atomic E-state index is -1.07. The minimum absolute atomic E-state index is 0. The first kappa shape index (κ1) is 107. The summed E-state index contributed by atoms with van der Waals surface area (Å²) in [6.07, 6.45) is 18.1. The molecule has 1 unspecified atom stereocenters. The third kappa shape index (κ3) is 26.4. The van der Waals surface area contributed by atoms with Gasteiger partial charge in [0.05, 0.1) is 85.7 Å². The fourth-order valence-corrected chi connectivity index (χ4v) is 18.2. The summed E-state index contributed by atoms with van der Waals surface area (Å²) in [5.41, 5.74) is 10.4. The number of thiocarbonyl (C=S) groups is 2. The van der Waals surface area contributed by atoms with Gasteiger partial charge in [0.1, 0.15) is 58.4 Å². The number of carbonyl (C=O) groups is 3. The maximum Gasteiger partial charge on any atom is 1.00 e. The molecule has 7 fully saturated rings. The monoisotopic (exact) mass is 1840 g/mol. The van der Waals surface area contributed by atoms with Crippen molar-refractivity contribution >= 4 is 88.8 Å². The Morgan fingerprint density at radius 2 is 0.954 bits per heavy atom. The van der Waals surface area contributed by atoms with E-state index in [1.54, 1.807) is 6.92 Å². The fraction of sp³-hybridized carbons (Fsp3) is 0.465. The Morgan fingerprint density at radius 3 is 1.36 bits per heavy atom. The van der Waals surface area contributed by atoms with E-state index in [1.807, 2.05) is 193 Å². The van der Waals surface area contributed by atoms with E-state index < -0.39 is 77.3 Å². The number of aliphatic hydroxyl groups is 1. The summed E-state index contributed by atoms with van der Waals surface area (Å²) >= 11 is 14.7. The van der Waals surface area contributed by atoms with Gasteiger partial charge in [0.2, 0.25) is 12.2 Å². The van der Waals surface area contributed by atoms with Gasteiger partial charge in [0.25, 0.3) is 5.56 Å². The summed E-state index contributed by atoms with van der Waals surface area (Å²) in [5.74, 6) is 8.08. The van der Waals surface area contributed by atoms with Gasteiger partial charge in [-0.3, -0.25) is 28.7 Å². The Morgan fingerprint density at radius 1 is 0.562 bits per heavy atom. The van der Waals surface area contributed by atoms with Gasteiger partial charge in [0.15, 0.2) is 29.6 Å². The Bertz CT molecular complexity index is 5110. The van der Waals surface area contributed by atoms with Crippen LogP contribution in [0.5, 0.6) is 5.75 Å². The third-order valence-electron chi connectivity index (χ3n) is 24.3. The second-order valence-electron chi connectivity index (χ2n) is 33.0. The van der Waals surface area contributed by atoms with E-state index in [0.717, 1.165) is 47.1 Å². The van der Waals surface area contributed by atoms with Crippen LogP contribution in [0.3, 0.4) is 0 Å².